The van der Waals surface area contributed by atoms with E-state index in [1.54, 1.807) is 5.01 Å². The van der Waals surface area contributed by atoms with E-state index in [0.717, 1.165) is 31.5 Å². The maximum absolute atomic E-state index is 12.3. The molecule has 1 aromatic rings. The zero-order valence-electron chi connectivity index (χ0n) is 12.7. The van der Waals surface area contributed by atoms with Gasteiger partial charge in [-0.1, -0.05) is 30.3 Å². The molecule has 1 unspecified atom stereocenters. The molecule has 3 rings (SSSR count). The molecule has 0 spiro atoms. The highest BCUT2D eigenvalue weighted by Gasteiger charge is 2.52. The van der Waals surface area contributed by atoms with Gasteiger partial charge in [0.05, 0.1) is 6.04 Å². The molecule has 2 aliphatic rings. The number of nitrogens with one attached hydrogen (secondary N) is 1. The number of likely N-dealkylation sites (tertiary alicyclic amines) is 1. The highest BCUT2D eigenvalue weighted by molar-refractivity contribution is 5.86. The second kappa shape index (κ2) is 6.36. The van der Waals surface area contributed by atoms with Gasteiger partial charge in [0.1, 0.15) is 12.6 Å². The Hall–Kier alpha value is -2.08. The molecule has 2 fully saturated rings. The standard InChI is InChI=1S/C16H21N3O3/c1-12-14(15(20)18-9-5-6-10-18)19(12)17-16(21)22-11-13-7-3-2-4-8-13/h2-4,7-8,12,14H,5-6,9-11H2,1H3,(H,17,21)/t12-,14-,19?/m0/s1. The predicted molar refractivity (Wildman–Crippen MR) is 80.7 cm³/mol. The summed E-state index contributed by atoms with van der Waals surface area (Å²) in [7, 11) is 0. The van der Waals surface area contributed by atoms with E-state index in [2.05, 4.69) is 5.43 Å². The predicted octanol–water partition coefficient (Wildman–Crippen LogP) is 1.52. The van der Waals surface area contributed by atoms with Crippen molar-refractivity contribution in [3.05, 3.63) is 35.9 Å². The van der Waals surface area contributed by atoms with Crippen molar-refractivity contribution < 1.29 is 14.3 Å². The molecule has 6 nitrogen and oxygen atoms in total. The first-order chi connectivity index (χ1) is 10.7. The van der Waals surface area contributed by atoms with E-state index in [1.807, 2.05) is 42.2 Å². The van der Waals surface area contributed by atoms with Gasteiger partial charge in [0, 0.05) is 13.1 Å². The number of hydrogen-bond acceptors (Lipinski definition) is 4. The highest BCUT2D eigenvalue weighted by Crippen LogP contribution is 2.28. The first-order valence-corrected chi connectivity index (χ1v) is 7.71. The molecule has 2 heterocycles. The summed E-state index contributed by atoms with van der Waals surface area (Å²) in [5.41, 5.74) is 3.58. The molecule has 118 valence electrons. The van der Waals surface area contributed by atoms with Gasteiger partial charge >= 0.3 is 6.09 Å². The molecule has 2 aliphatic heterocycles. The van der Waals surface area contributed by atoms with Crippen LogP contribution in [0, 0.1) is 0 Å². The molecule has 0 bridgehead atoms. The summed E-state index contributed by atoms with van der Waals surface area (Å²) in [6, 6.07) is 9.27. The Morgan fingerprint density at radius 3 is 2.59 bits per heavy atom. The van der Waals surface area contributed by atoms with E-state index in [4.69, 9.17) is 4.74 Å². The largest absolute Gasteiger partial charge is 0.444 e. The average Bonchev–Trinajstić information content (AvgIpc) is 2.96. The summed E-state index contributed by atoms with van der Waals surface area (Å²) in [5.74, 6) is 0.105. The van der Waals surface area contributed by atoms with Gasteiger partial charge in [-0.2, -0.15) is 5.01 Å². The monoisotopic (exact) mass is 303 g/mol. The normalized spacial score (nSPS) is 26.6. The van der Waals surface area contributed by atoms with Crippen LogP contribution in [0.15, 0.2) is 30.3 Å². The van der Waals surface area contributed by atoms with Crippen molar-refractivity contribution in [2.75, 3.05) is 13.1 Å². The Bertz CT molecular complexity index is 543. The molecule has 3 atom stereocenters. The molecule has 1 aromatic carbocycles. The second-order valence-electron chi connectivity index (χ2n) is 5.80. The fraction of sp³-hybridized carbons (Fsp3) is 0.500. The van der Waals surface area contributed by atoms with Gasteiger partial charge < -0.3 is 9.64 Å². The summed E-state index contributed by atoms with van der Waals surface area (Å²) in [5, 5.41) is 1.66. The van der Waals surface area contributed by atoms with Crippen LogP contribution in [0.1, 0.15) is 25.3 Å². The minimum Gasteiger partial charge on any atom is -0.444 e. The lowest BCUT2D eigenvalue weighted by atomic mass is 10.2. The van der Waals surface area contributed by atoms with Gasteiger partial charge in [-0.3, -0.25) is 10.2 Å². The van der Waals surface area contributed by atoms with Gasteiger partial charge in [0.15, 0.2) is 0 Å². The zero-order valence-corrected chi connectivity index (χ0v) is 12.7. The summed E-state index contributed by atoms with van der Waals surface area (Å²) >= 11 is 0. The van der Waals surface area contributed by atoms with E-state index < -0.39 is 6.09 Å². The Morgan fingerprint density at radius 1 is 1.23 bits per heavy atom. The number of rotatable bonds is 4. The van der Waals surface area contributed by atoms with Crippen LogP contribution in [-0.2, 0) is 16.1 Å². The Kier molecular flexibility index (Phi) is 4.29. The Morgan fingerprint density at radius 2 is 1.91 bits per heavy atom. The lowest BCUT2D eigenvalue weighted by Crippen LogP contribution is -2.37. The molecule has 0 radical (unpaired) electrons. The first-order valence-electron chi connectivity index (χ1n) is 7.71. The second-order valence-corrected chi connectivity index (χ2v) is 5.80. The summed E-state index contributed by atoms with van der Waals surface area (Å²) in [6.45, 7) is 3.80. The summed E-state index contributed by atoms with van der Waals surface area (Å²) < 4.78 is 5.16. The zero-order chi connectivity index (χ0) is 15.5. The number of nitrogens with zero attached hydrogens (tertiary/aromatic N) is 2. The van der Waals surface area contributed by atoms with Gasteiger partial charge in [0.2, 0.25) is 5.91 Å². The first kappa shape index (κ1) is 14.8. The fourth-order valence-corrected chi connectivity index (χ4v) is 2.83. The summed E-state index contributed by atoms with van der Waals surface area (Å²) in [6.07, 6.45) is 1.62. The highest BCUT2D eigenvalue weighted by atomic mass is 16.6. The molecule has 22 heavy (non-hydrogen) atoms. The minimum atomic E-state index is -0.521. The van der Waals surface area contributed by atoms with E-state index in [1.165, 1.54) is 0 Å². The number of amides is 2. The number of hydrazine groups is 1. The van der Waals surface area contributed by atoms with Crippen molar-refractivity contribution in [2.24, 2.45) is 0 Å². The van der Waals surface area contributed by atoms with Crippen LogP contribution in [0.2, 0.25) is 0 Å². The van der Waals surface area contributed by atoms with Gasteiger partial charge in [-0.15, -0.1) is 0 Å². The van der Waals surface area contributed by atoms with Gasteiger partial charge in [-0.05, 0) is 25.3 Å². The van der Waals surface area contributed by atoms with Crippen molar-refractivity contribution in [3.63, 3.8) is 0 Å². The van der Waals surface area contributed by atoms with Crippen molar-refractivity contribution in [2.45, 2.75) is 38.5 Å². The lowest BCUT2D eigenvalue weighted by molar-refractivity contribution is -0.130. The Balaban J connectivity index is 1.45. The number of carbonyl (C=O) groups excluding carboxylic acids is 2. The quantitative estimate of drug-likeness (QED) is 0.857. The van der Waals surface area contributed by atoms with E-state index >= 15 is 0 Å². The molecule has 1 N–H and O–H groups in total. The van der Waals surface area contributed by atoms with Crippen molar-refractivity contribution >= 4 is 12.0 Å². The van der Waals surface area contributed by atoms with Crippen LogP contribution in [-0.4, -0.2) is 47.1 Å². The lowest BCUT2D eigenvalue weighted by Gasteiger charge is -2.15. The smallest absolute Gasteiger partial charge is 0.422 e. The molecular formula is C16H21N3O3. The molecule has 0 aliphatic carbocycles. The van der Waals surface area contributed by atoms with E-state index in [0.29, 0.717) is 0 Å². The van der Waals surface area contributed by atoms with Crippen LogP contribution >= 0.6 is 0 Å². The van der Waals surface area contributed by atoms with Crippen LogP contribution in [0.4, 0.5) is 4.79 Å². The summed E-state index contributed by atoms with van der Waals surface area (Å²) in [4.78, 5) is 26.0. The number of benzene rings is 1. The third kappa shape index (κ3) is 3.22. The van der Waals surface area contributed by atoms with Crippen molar-refractivity contribution in [1.29, 1.82) is 0 Å². The molecule has 2 saturated heterocycles. The maximum atomic E-state index is 12.3. The molecule has 0 saturated carbocycles. The number of ether oxygens (including phenoxy) is 1. The third-order valence-corrected chi connectivity index (χ3v) is 4.21. The van der Waals surface area contributed by atoms with Crippen molar-refractivity contribution in [1.82, 2.24) is 15.3 Å². The number of carbonyl (C=O) groups is 2. The molecule has 6 heteroatoms. The Labute approximate surface area is 130 Å². The van der Waals surface area contributed by atoms with Crippen molar-refractivity contribution in [3.8, 4) is 0 Å². The van der Waals surface area contributed by atoms with Gasteiger partial charge in [0.25, 0.3) is 0 Å². The fourth-order valence-electron chi connectivity index (χ4n) is 2.83. The minimum absolute atomic E-state index is 0.0253. The topological polar surface area (TPSA) is 61.7 Å². The van der Waals surface area contributed by atoms with E-state index in [9.17, 15) is 9.59 Å². The van der Waals surface area contributed by atoms with Crippen LogP contribution < -0.4 is 5.43 Å². The van der Waals surface area contributed by atoms with Crippen LogP contribution in [0.3, 0.4) is 0 Å². The average molecular weight is 303 g/mol. The van der Waals surface area contributed by atoms with E-state index in [-0.39, 0.29) is 24.6 Å². The van der Waals surface area contributed by atoms with Crippen LogP contribution in [0.25, 0.3) is 0 Å². The molecular weight excluding hydrogens is 282 g/mol. The maximum Gasteiger partial charge on any atom is 0.422 e. The number of hydrogen-bond donors (Lipinski definition) is 1. The third-order valence-electron chi connectivity index (χ3n) is 4.21. The molecule has 2 amide bonds. The SMILES string of the molecule is C[C@H]1[C@@H](C(=O)N2CCCC2)N1NC(=O)OCc1ccccc1. The van der Waals surface area contributed by atoms with Gasteiger partial charge in [-0.25, -0.2) is 4.79 Å². The molecule has 0 aromatic heterocycles. The van der Waals surface area contributed by atoms with Crippen LogP contribution in [0.5, 0.6) is 0 Å².